The second kappa shape index (κ2) is 44.2. The number of H-pyrrole nitrogens is 1. The molecule has 0 saturated carbocycles. The quantitative estimate of drug-likeness (QED) is 0.0689. The number of anilines is 1. The summed E-state index contributed by atoms with van der Waals surface area (Å²) in [6.07, 6.45) is 1.69. The lowest BCUT2D eigenvalue weighted by Crippen LogP contribution is -2.26. The number of para-hydroxylation sites is 5. The number of carbonyl (C=O) groups excluding carboxylic acids is 1. The molecule has 3 unspecified atom stereocenters. The summed E-state index contributed by atoms with van der Waals surface area (Å²) in [4.78, 5) is 78.3. The summed E-state index contributed by atoms with van der Waals surface area (Å²) >= 11 is 6.86. The van der Waals surface area contributed by atoms with Gasteiger partial charge >= 0.3 is 0 Å². The van der Waals surface area contributed by atoms with Crippen molar-refractivity contribution in [3.8, 4) is 0 Å². The fraction of sp³-hybridized carbons (Fsp3) is 0.371. The Morgan fingerprint density at radius 2 is 0.800 bits per heavy atom. The van der Waals surface area contributed by atoms with Gasteiger partial charge in [-0.2, -0.15) is 0 Å². The smallest absolute Gasteiger partial charge is 0.261 e. The third-order valence-electron chi connectivity index (χ3n) is 10.4. The van der Waals surface area contributed by atoms with Gasteiger partial charge in [0.1, 0.15) is 23.3 Å². The molecule has 3 atom stereocenters. The van der Waals surface area contributed by atoms with Crippen LogP contribution in [0.1, 0.15) is 146 Å². The van der Waals surface area contributed by atoms with Crippen molar-refractivity contribution >= 4 is 97.1 Å². The normalized spacial score (nSPS) is 10.7. The Morgan fingerprint density at radius 1 is 0.529 bits per heavy atom. The maximum absolute atomic E-state index is 12.0. The summed E-state index contributed by atoms with van der Waals surface area (Å²) in [7, 11) is 3.52. The Hall–Kier alpha value is -7.28. The second-order valence-corrected chi connectivity index (χ2v) is 20.6. The van der Waals surface area contributed by atoms with Gasteiger partial charge in [-0.15, -0.1) is 0 Å². The van der Waals surface area contributed by atoms with Gasteiger partial charge in [-0.1, -0.05) is 169 Å². The van der Waals surface area contributed by atoms with Gasteiger partial charge in [0.15, 0.2) is 0 Å². The van der Waals surface area contributed by atoms with Gasteiger partial charge in [0, 0.05) is 33.3 Å². The summed E-state index contributed by atoms with van der Waals surface area (Å²) in [5.74, 6) is 2.36. The van der Waals surface area contributed by atoms with Crippen LogP contribution in [0.5, 0.6) is 0 Å². The molecule has 1 amide bonds. The van der Waals surface area contributed by atoms with Gasteiger partial charge in [0.25, 0.3) is 28.1 Å². The average Bonchev–Trinajstić information content (AvgIpc) is 3.70. The number of primary amides is 1. The van der Waals surface area contributed by atoms with Crippen molar-refractivity contribution < 1.29 is 13.2 Å². The zero-order chi connectivity index (χ0) is 66.3. The van der Waals surface area contributed by atoms with Crippen LogP contribution in [-0.2, 0) is 37.6 Å². The van der Waals surface area contributed by atoms with E-state index in [4.69, 9.17) is 17.2 Å². The molecule has 23 heteroatoms. The molecule has 4 aromatic heterocycles. The number of nitrogens with one attached hydrogen (secondary N) is 1. The SMILES string of the molecule is CC.CC.CC.CC.CC.CC(Br)c1nc2ccccc2c(=O)n1C.CC(Br)c1nc2ccccc2c(=O)n1C.CC(N)c1nc2ccccc2c(=O)n1C.CCc1nc2ccccc2c(=O)[nH]1.CN.CS(N)(=O)=O.NC(=O)c1ccccc1N. The first-order chi connectivity index (χ1) is 40.4. The number of sulfonamides is 1. The predicted molar refractivity (Wildman–Crippen MR) is 365 cm³/mol. The molecule has 0 aliphatic carbocycles. The van der Waals surface area contributed by atoms with Crippen molar-refractivity contribution in [1.29, 1.82) is 0 Å². The first-order valence-electron chi connectivity index (χ1n) is 27.9. The van der Waals surface area contributed by atoms with Crippen LogP contribution in [0.25, 0.3) is 43.6 Å². The highest BCUT2D eigenvalue weighted by atomic mass is 79.9. The van der Waals surface area contributed by atoms with Crippen molar-refractivity contribution in [1.82, 2.24) is 38.6 Å². The minimum Gasteiger partial charge on any atom is -0.398 e. The van der Waals surface area contributed by atoms with Crippen molar-refractivity contribution in [3.05, 3.63) is 192 Å². The lowest BCUT2D eigenvalue weighted by molar-refractivity contribution is 0.100. The third-order valence-corrected chi connectivity index (χ3v) is 11.2. The number of rotatable bonds is 5. The maximum Gasteiger partial charge on any atom is 0.261 e. The van der Waals surface area contributed by atoms with Gasteiger partial charge in [0.05, 0.1) is 71.1 Å². The average molecular weight is 1320 g/mol. The molecule has 5 aromatic carbocycles. The molecule has 9 aromatic rings. The lowest BCUT2D eigenvalue weighted by Gasteiger charge is -2.11. The molecular weight excluding hydrogens is 1230 g/mol. The molecule has 0 bridgehead atoms. The number of nitrogens with two attached hydrogens (primary N) is 5. The van der Waals surface area contributed by atoms with Crippen LogP contribution >= 0.6 is 31.9 Å². The molecule has 0 spiro atoms. The highest BCUT2D eigenvalue weighted by molar-refractivity contribution is 9.09. The van der Waals surface area contributed by atoms with E-state index in [1.807, 2.05) is 170 Å². The van der Waals surface area contributed by atoms with Crippen molar-refractivity contribution in [2.24, 2.45) is 43.5 Å². The predicted octanol–water partition coefficient (Wildman–Crippen LogP) is 11.2. The molecular formula is C62H93Br2N13O7S. The minimum absolute atomic E-state index is 0.00176. The van der Waals surface area contributed by atoms with Crippen LogP contribution in [0.2, 0.25) is 0 Å². The van der Waals surface area contributed by atoms with Crippen molar-refractivity contribution in [2.75, 3.05) is 19.0 Å². The number of fused-ring (bicyclic) bond motifs is 4. The summed E-state index contributed by atoms with van der Waals surface area (Å²) in [6.45, 7) is 27.7. The highest BCUT2D eigenvalue weighted by Crippen LogP contribution is 2.21. The number of nitrogens with zero attached hydrogens (tertiary/aromatic N) is 7. The van der Waals surface area contributed by atoms with E-state index in [-0.39, 0.29) is 37.9 Å². The molecule has 11 N–H and O–H groups in total. The van der Waals surface area contributed by atoms with Crippen molar-refractivity contribution in [3.63, 3.8) is 0 Å². The Morgan fingerprint density at radius 3 is 1.08 bits per heavy atom. The largest absolute Gasteiger partial charge is 0.398 e. The Bertz CT molecular complexity index is 3500. The molecule has 0 fully saturated rings. The molecule has 9 rings (SSSR count). The molecule has 0 radical (unpaired) electrons. The number of benzene rings is 5. The number of alkyl halides is 2. The topological polar surface area (TPSA) is 332 Å². The summed E-state index contributed by atoms with van der Waals surface area (Å²) in [5, 5.41) is 6.94. The first kappa shape index (κ1) is 81.9. The van der Waals surface area contributed by atoms with E-state index in [0.29, 0.717) is 44.1 Å². The number of primary sulfonamides is 1. The number of carbonyl (C=O) groups is 1. The summed E-state index contributed by atoms with van der Waals surface area (Å²) in [5.41, 5.74) is 24.3. The zero-order valence-corrected chi connectivity index (χ0v) is 57.0. The fourth-order valence-electron chi connectivity index (χ4n) is 6.85. The van der Waals surface area contributed by atoms with Crippen LogP contribution in [0.4, 0.5) is 5.69 Å². The van der Waals surface area contributed by atoms with E-state index in [1.54, 1.807) is 78.8 Å². The van der Waals surface area contributed by atoms with E-state index in [0.717, 1.165) is 46.7 Å². The molecule has 85 heavy (non-hydrogen) atoms. The molecule has 0 aliphatic rings. The van der Waals surface area contributed by atoms with Gasteiger partial charge in [-0.3, -0.25) is 37.7 Å². The number of aryl methyl sites for hydroxylation is 1. The van der Waals surface area contributed by atoms with E-state index < -0.39 is 15.9 Å². The molecule has 468 valence electrons. The van der Waals surface area contributed by atoms with Gasteiger partial charge in [-0.05, 0) is 88.5 Å². The van der Waals surface area contributed by atoms with Gasteiger partial charge in [0.2, 0.25) is 10.0 Å². The molecule has 0 aliphatic heterocycles. The zero-order valence-electron chi connectivity index (χ0n) is 53.0. The lowest BCUT2D eigenvalue weighted by atomic mass is 10.2. The van der Waals surface area contributed by atoms with E-state index >= 15 is 0 Å². The number of nitrogen functional groups attached to an aromatic ring is 1. The van der Waals surface area contributed by atoms with Crippen LogP contribution < -0.4 is 50.3 Å². The number of amides is 1. The van der Waals surface area contributed by atoms with Crippen LogP contribution in [0, 0.1) is 0 Å². The summed E-state index contributed by atoms with van der Waals surface area (Å²) in [6, 6.07) is 35.9. The molecule has 0 saturated heterocycles. The second-order valence-electron chi connectivity index (χ2n) is 16.2. The summed E-state index contributed by atoms with van der Waals surface area (Å²) < 4.78 is 23.5. The Kier molecular flexibility index (Phi) is 42.6. The van der Waals surface area contributed by atoms with Crippen LogP contribution in [-0.4, -0.2) is 66.2 Å². The first-order valence-corrected chi connectivity index (χ1v) is 31.7. The van der Waals surface area contributed by atoms with Gasteiger partial charge in [-0.25, -0.2) is 33.5 Å². The van der Waals surface area contributed by atoms with Crippen molar-refractivity contribution in [2.45, 2.75) is 119 Å². The van der Waals surface area contributed by atoms with Crippen LogP contribution in [0.3, 0.4) is 0 Å². The van der Waals surface area contributed by atoms with Crippen LogP contribution in [0.15, 0.2) is 141 Å². The Labute approximate surface area is 519 Å². The molecule has 20 nitrogen and oxygen atoms in total. The monoisotopic (exact) mass is 1320 g/mol. The standard InChI is InChI=1S/2C11H11BrN2O.C11H13N3O.C10H10N2O.C7H8N2O.5C2H6.CH5NO2S.CH5N/c3*1-7(12)10-13-9-6-4-3-5-8(9)11(15)14(10)2;1-2-9-11-8-6-4-3-5-7(8)10(13)12-9;8-6-4-2-1-3-5(6)7(9)10;5*1-2;1-5(2,3)4;1-2/h2*3-7H,1-2H3;3-7H,12H2,1-2H3;3-6H,2H2,1H3,(H,11,12,13);1-4H,8H2,(H2,9,10);5*1-2H3;1H3,(H2,2,3,4);2H2,1H3. The third kappa shape index (κ3) is 27.1. The fourth-order valence-corrected chi connectivity index (χ4v) is 7.67. The minimum atomic E-state index is -3.17. The number of aromatic amines is 1. The number of hydrogen-bond donors (Lipinski definition) is 6. The number of hydrogen-bond acceptors (Lipinski definition) is 14. The van der Waals surface area contributed by atoms with E-state index in [9.17, 15) is 32.4 Å². The number of aromatic nitrogens is 8. The van der Waals surface area contributed by atoms with E-state index in [1.165, 1.54) is 11.6 Å². The molecule has 4 heterocycles. The maximum atomic E-state index is 12.0. The Balaban J connectivity index is -0.000000931. The van der Waals surface area contributed by atoms with E-state index in [2.05, 4.69) is 67.7 Å². The highest BCUT2D eigenvalue weighted by Gasteiger charge is 2.13. The number of halogens is 2. The van der Waals surface area contributed by atoms with Gasteiger partial charge < -0.3 is 27.9 Å².